The van der Waals surface area contributed by atoms with Crippen molar-refractivity contribution < 1.29 is 4.79 Å². The maximum Gasteiger partial charge on any atom is 0.220 e. The summed E-state index contributed by atoms with van der Waals surface area (Å²) in [4.78, 5) is 16.0. The van der Waals surface area contributed by atoms with Crippen LogP contribution in [-0.2, 0) is 17.8 Å². The van der Waals surface area contributed by atoms with E-state index in [4.69, 9.17) is 5.73 Å². The summed E-state index contributed by atoms with van der Waals surface area (Å²) in [5.74, 6) is 0.0289. The fourth-order valence-electron chi connectivity index (χ4n) is 1.66. The molecule has 18 heavy (non-hydrogen) atoms. The molecule has 4 nitrogen and oxygen atoms in total. The van der Waals surface area contributed by atoms with Crippen LogP contribution in [0.4, 0.5) is 0 Å². The van der Waals surface area contributed by atoms with Crippen LogP contribution in [0.2, 0.25) is 0 Å². The number of carbonyl (C=O) groups is 1. The molecule has 0 aliphatic carbocycles. The van der Waals surface area contributed by atoms with Crippen molar-refractivity contribution in [2.75, 3.05) is 0 Å². The Balaban J connectivity index is 2.43. The fraction of sp³-hybridized carbons (Fsp3) is 0.571. The van der Waals surface area contributed by atoms with Crippen LogP contribution in [0.3, 0.4) is 0 Å². The van der Waals surface area contributed by atoms with Gasteiger partial charge in [-0.05, 0) is 38.3 Å². The van der Waals surface area contributed by atoms with Crippen LogP contribution in [-0.4, -0.2) is 16.4 Å². The van der Waals surface area contributed by atoms with Crippen LogP contribution in [0.1, 0.15) is 44.9 Å². The maximum atomic E-state index is 11.7. The monoisotopic (exact) mass is 249 g/mol. The Bertz CT molecular complexity index is 396. The maximum absolute atomic E-state index is 11.7. The van der Waals surface area contributed by atoms with Gasteiger partial charge in [-0.1, -0.05) is 13.0 Å². The van der Waals surface area contributed by atoms with Crippen LogP contribution < -0.4 is 11.1 Å². The third-order valence-electron chi connectivity index (χ3n) is 2.81. The molecule has 0 bridgehead atoms. The average Bonchev–Trinajstić information content (AvgIpc) is 2.33. The van der Waals surface area contributed by atoms with Gasteiger partial charge < -0.3 is 11.1 Å². The summed E-state index contributed by atoms with van der Waals surface area (Å²) in [7, 11) is 0. The predicted molar refractivity (Wildman–Crippen MR) is 73.0 cm³/mol. The molecule has 0 spiro atoms. The van der Waals surface area contributed by atoms with Gasteiger partial charge in [0.15, 0.2) is 0 Å². The highest BCUT2D eigenvalue weighted by molar-refractivity contribution is 5.75. The Kier molecular flexibility index (Phi) is 5.28. The first kappa shape index (κ1) is 14.6. The lowest BCUT2D eigenvalue weighted by Crippen LogP contribution is -2.34. The molecule has 1 amide bonds. The van der Waals surface area contributed by atoms with E-state index in [1.807, 2.05) is 26.0 Å². The largest absolute Gasteiger partial charge is 0.350 e. The summed E-state index contributed by atoms with van der Waals surface area (Å²) in [6.07, 6.45) is 3.82. The van der Waals surface area contributed by atoms with E-state index in [9.17, 15) is 4.79 Å². The van der Waals surface area contributed by atoms with E-state index in [2.05, 4.69) is 17.2 Å². The number of nitrogens with one attached hydrogen (secondary N) is 1. The number of amides is 1. The van der Waals surface area contributed by atoms with Gasteiger partial charge in [0, 0.05) is 18.2 Å². The number of hydrogen-bond donors (Lipinski definition) is 2. The number of nitrogens with two attached hydrogens (primary N) is 1. The fourth-order valence-corrected chi connectivity index (χ4v) is 1.66. The van der Waals surface area contributed by atoms with E-state index >= 15 is 0 Å². The summed E-state index contributed by atoms with van der Waals surface area (Å²) in [5, 5.41) is 2.89. The standard InChI is InChI=1S/C14H23N3O/c1-4-11-6-5-9-16-12(11)10-17-13(18)7-8-14(2,3)15/h5-6,9H,4,7-8,10,15H2,1-3H3,(H,17,18). The minimum absolute atomic E-state index is 0.0289. The van der Waals surface area contributed by atoms with Crippen molar-refractivity contribution in [3.63, 3.8) is 0 Å². The highest BCUT2D eigenvalue weighted by Crippen LogP contribution is 2.08. The molecular weight excluding hydrogens is 226 g/mol. The Morgan fingerprint density at radius 3 is 2.83 bits per heavy atom. The first-order chi connectivity index (χ1) is 8.42. The molecule has 0 fully saturated rings. The second-order valence-corrected chi connectivity index (χ2v) is 5.23. The van der Waals surface area contributed by atoms with Gasteiger partial charge in [-0.2, -0.15) is 0 Å². The molecule has 1 aromatic rings. The molecule has 0 atom stereocenters. The van der Waals surface area contributed by atoms with Crippen molar-refractivity contribution in [2.24, 2.45) is 5.73 Å². The third kappa shape index (κ3) is 5.27. The van der Waals surface area contributed by atoms with Crippen molar-refractivity contribution in [2.45, 2.75) is 52.1 Å². The summed E-state index contributed by atoms with van der Waals surface area (Å²) in [6, 6.07) is 3.96. The SMILES string of the molecule is CCc1cccnc1CNC(=O)CCC(C)(C)N. The molecule has 1 aromatic heterocycles. The Morgan fingerprint density at radius 1 is 1.50 bits per heavy atom. The molecule has 3 N–H and O–H groups in total. The predicted octanol–water partition coefficient (Wildman–Crippen LogP) is 1.78. The minimum Gasteiger partial charge on any atom is -0.350 e. The number of aryl methyl sites for hydroxylation is 1. The second kappa shape index (κ2) is 6.50. The molecule has 0 aliphatic rings. The van der Waals surface area contributed by atoms with Gasteiger partial charge in [0.2, 0.25) is 5.91 Å². The molecule has 0 aliphatic heterocycles. The van der Waals surface area contributed by atoms with Gasteiger partial charge in [0.25, 0.3) is 0 Å². The molecular formula is C14H23N3O. The van der Waals surface area contributed by atoms with Crippen LogP contribution in [0.15, 0.2) is 18.3 Å². The Morgan fingerprint density at radius 2 is 2.22 bits per heavy atom. The molecule has 0 saturated heterocycles. The molecule has 4 heteroatoms. The van der Waals surface area contributed by atoms with Gasteiger partial charge in [-0.25, -0.2) is 0 Å². The number of carbonyl (C=O) groups excluding carboxylic acids is 1. The molecule has 0 radical (unpaired) electrons. The van der Waals surface area contributed by atoms with Gasteiger partial charge in [-0.3, -0.25) is 9.78 Å². The molecule has 0 saturated carbocycles. The van der Waals surface area contributed by atoms with Gasteiger partial charge in [0.1, 0.15) is 0 Å². The zero-order chi connectivity index (χ0) is 13.6. The van der Waals surface area contributed by atoms with Crippen LogP contribution in [0, 0.1) is 0 Å². The summed E-state index contributed by atoms with van der Waals surface area (Å²) in [6.45, 7) is 6.43. The van der Waals surface area contributed by atoms with Crippen molar-refractivity contribution in [1.29, 1.82) is 0 Å². The van der Waals surface area contributed by atoms with E-state index < -0.39 is 0 Å². The quantitative estimate of drug-likeness (QED) is 0.807. The zero-order valence-corrected chi connectivity index (χ0v) is 11.5. The Hall–Kier alpha value is -1.42. The average molecular weight is 249 g/mol. The highest BCUT2D eigenvalue weighted by atomic mass is 16.1. The van der Waals surface area contributed by atoms with Gasteiger partial charge in [0.05, 0.1) is 12.2 Å². The van der Waals surface area contributed by atoms with Crippen molar-refractivity contribution in [3.8, 4) is 0 Å². The van der Waals surface area contributed by atoms with E-state index in [0.29, 0.717) is 19.4 Å². The van der Waals surface area contributed by atoms with E-state index in [-0.39, 0.29) is 11.4 Å². The topological polar surface area (TPSA) is 68.0 Å². The van der Waals surface area contributed by atoms with Gasteiger partial charge in [-0.15, -0.1) is 0 Å². The minimum atomic E-state index is -0.295. The number of nitrogens with zero attached hydrogens (tertiary/aromatic N) is 1. The van der Waals surface area contributed by atoms with Crippen molar-refractivity contribution in [3.05, 3.63) is 29.6 Å². The number of pyridine rings is 1. The smallest absolute Gasteiger partial charge is 0.220 e. The summed E-state index contributed by atoms with van der Waals surface area (Å²) < 4.78 is 0. The lowest BCUT2D eigenvalue weighted by molar-refractivity contribution is -0.121. The molecule has 1 heterocycles. The van der Waals surface area contributed by atoms with Gasteiger partial charge >= 0.3 is 0 Å². The summed E-state index contributed by atoms with van der Waals surface area (Å²) >= 11 is 0. The van der Waals surface area contributed by atoms with Crippen LogP contribution in [0.25, 0.3) is 0 Å². The van der Waals surface area contributed by atoms with E-state index in [1.165, 1.54) is 5.56 Å². The first-order valence-electron chi connectivity index (χ1n) is 6.40. The van der Waals surface area contributed by atoms with Crippen LogP contribution in [0.5, 0.6) is 0 Å². The number of aromatic nitrogens is 1. The first-order valence-corrected chi connectivity index (χ1v) is 6.40. The molecule has 1 rings (SSSR count). The van der Waals surface area contributed by atoms with E-state index in [1.54, 1.807) is 6.20 Å². The van der Waals surface area contributed by atoms with Crippen LogP contribution >= 0.6 is 0 Å². The second-order valence-electron chi connectivity index (χ2n) is 5.23. The Labute approximate surface area is 109 Å². The van der Waals surface area contributed by atoms with Crippen molar-refractivity contribution >= 4 is 5.91 Å². The molecule has 0 unspecified atom stereocenters. The lowest BCUT2D eigenvalue weighted by atomic mass is 10.00. The number of hydrogen-bond acceptors (Lipinski definition) is 3. The van der Waals surface area contributed by atoms with E-state index in [0.717, 1.165) is 12.1 Å². The number of rotatable bonds is 6. The summed E-state index contributed by atoms with van der Waals surface area (Å²) in [5.41, 5.74) is 7.67. The molecule has 100 valence electrons. The zero-order valence-electron chi connectivity index (χ0n) is 11.5. The molecule has 0 aromatic carbocycles. The highest BCUT2D eigenvalue weighted by Gasteiger charge is 2.13. The third-order valence-corrected chi connectivity index (χ3v) is 2.81. The van der Waals surface area contributed by atoms with Crippen molar-refractivity contribution in [1.82, 2.24) is 10.3 Å². The normalized spacial score (nSPS) is 11.3. The lowest BCUT2D eigenvalue weighted by Gasteiger charge is -2.17.